The predicted molar refractivity (Wildman–Crippen MR) is 112 cm³/mol. The van der Waals surface area contributed by atoms with Crippen molar-refractivity contribution in [3.05, 3.63) is 29.7 Å². The molecule has 4 rings (SSSR count). The normalized spacial score (nSPS) is 27.6. The van der Waals surface area contributed by atoms with Crippen LogP contribution in [0.5, 0.6) is 0 Å². The number of piperazine rings is 1. The van der Waals surface area contributed by atoms with Crippen molar-refractivity contribution in [3.63, 3.8) is 0 Å². The smallest absolute Gasteiger partial charge is 0.0736 e. The Morgan fingerprint density at radius 1 is 1.22 bits per heavy atom. The zero-order valence-electron chi connectivity index (χ0n) is 16.3. The molecule has 0 atom stereocenters. The topological polar surface area (TPSA) is 83.8 Å². The van der Waals surface area contributed by atoms with E-state index in [1.165, 1.54) is 18.5 Å². The average Bonchev–Trinajstić information content (AvgIpc) is 3.49. The number of likely N-dealkylation sites (N-methyl/N-ethyl adjacent to an activating group) is 1. The van der Waals surface area contributed by atoms with Gasteiger partial charge in [0.05, 0.1) is 23.6 Å². The van der Waals surface area contributed by atoms with E-state index in [0.29, 0.717) is 17.9 Å². The highest BCUT2D eigenvalue weighted by molar-refractivity contribution is 6.10. The van der Waals surface area contributed by atoms with Gasteiger partial charge in [0.25, 0.3) is 0 Å². The van der Waals surface area contributed by atoms with E-state index >= 15 is 0 Å². The molecule has 0 amide bonds. The Hall–Kier alpha value is -1.92. The van der Waals surface area contributed by atoms with Gasteiger partial charge in [-0.2, -0.15) is 0 Å². The van der Waals surface area contributed by atoms with Crippen LogP contribution in [-0.4, -0.2) is 61.9 Å². The molecule has 146 valence electrons. The SMILES string of the molecule is CN1CCN(c2ccc(C(C=NC3CC(CN)C3)=C(N)C3CC3)nc2)CC1. The fourth-order valence-corrected chi connectivity index (χ4v) is 3.89. The number of aromatic nitrogens is 1. The molecule has 0 unspecified atom stereocenters. The number of pyridine rings is 1. The number of anilines is 1. The van der Waals surface area contributed by atoms with E-state index in [1.807, 2.05) is 12.4 Å². The molecule has 6 nitrogen and oxygen atoms in total. The van der Waals surface area contributed by atoms with Crippen LogP contribution in [0, 0.1) is 11.8 Å². The Bertz CT molecular complexity index is 692. The number of hydrogen-bond acceptors (Lipinski definition) is 6. The van der Waals surface area contributed by atoms with Crippen LogP contribution in [0.1, 0.15) is 31.4 Å². The molecule has 1 aliphatic heterocycles. The van der Waals surface area contributed by atoms with Crippen LogP contribution in [0.2, 0.25) is 0 Å². The summed E-state index contributed by atoms with van der Waals surface area (Å²) in [6, 6.07) is 4.67. The summed E-state index contributed by atoms with van der Waals surface area (Å²) in [6.45, 7) is 5.07. The van der Waals surface area contributed by atoms with Crippen molar-refractivity contribution >= 4 is 17.5 Å². The van der Waals surface area contributed by atoms with Crippen LogP contribution in [-0.2, 0) is 0 Å². The third-order valence-corrected chi connectivity index (χ3v) is 6.18. The highest BCUT2D eigenvalue weighted by Gasteiger charge is 2.29. The molecule has 2 saturated carbocycles. The van der Waals surface area contributed by atoms with Crippen molar-refractivity contribution in [1.82, 2.24) is 9.88 Å². The van der Waals surface area contributed by atoms with E-state index in [9.17, 15) is 0 Å². The molecule has 2 heterocycles. The van der Waals surface area contributed by atoms with Crippen molar-refractivity contribution in [1.29, 1.82) is 0 Å². The number of nitrogens with two attached hydrogens (primary N) is 2. The van der Waals surface area contributed by atoms with Gasteiger partial charge in [-0.15, -0.1) is 0 Å². The Morgan fingerprint density at radius 3 is 2.56 bits per heavy atom. The molecule has 1 saturated heterocycles. The van der Waals surface area contributed by atoms with E-state index < -0.39 is 0 Å². The molecule has 0 bridgehead atoms. The molecule has 3 aliphatic rings. The molecule has 1 aromatic heterocycles. The summed E-state index contributed by atoms with van der Waals surface area (Å²) >= 11 is 0. The van der Waals surface area contributed by atoms with Gasteiger partial charge < -0.3 is 21.3 Å². The number of hydrogen-bond donors (Lipinski definition) is 2. The second kappa shape index (κ2) is 7.98. The summed E-state index contributed by atoms with van der Waals surface area (Å²) in [5.74, 6) is 1.14. The summed E-state index contributed by atoms with van der Waals surface area (Å²) in [4.78, 5) is 14.3. The van der Waals surface area contributed by atoms with Gasteiger partial charge in [0.15, 0.2) is 0 Å². The van der Waals surface area contributed by atoms with E-state index in [4.69, 9.17) is 21.4 Å². The summed E-state index contributed by atoms with van der Waals surface area (Å²) in [5, 5.41) is 0. The maximum atomic E-state index is 6.46. The number of rotatable bonds is 6. The lowest BCUT2D eigenvalue weighted by Crippen LogP contribution is -2.44. The van der Waals surface area contributed by atoms with Gasteiger partial charge in [-0.1, -0.05) is 0 Å². The first-order chi connectivity index (χ1) is 13.1. The Morgan fingerprint density at radius 2 is 1.96 bits per heavy atom. The van der Waals surface area contributed by atoms with Crippen LogP contribution in [0.15, 0.2) is 29.0 Å². The third kappa shape index (κ3) is 4.33. The maximum Gasteiger partial charge on any atom is 0.0736 e. The Labute approximate surface area is 162 Å². The Kier molecular flexibility index (Phi) is 5.45. The quantitative estimate of drug-likeness (QED) is 0.747. The van der Waals surface area contributed by atoms with E-state index in [1.54, 1.807) is 0 Å². The lowest BCUT2D eigenvalue weighted by molar-refractivity contribution is 0.276. The van der Waals surface area contributed by atoms with Crippen molar-refractivity contribution in [3.8, 4) is 0 Å². The van der Waals surface area contributed by atoms with Crippen LogP contribution >= 0.6 is 0 Å². The van der Waals surface area contributed by atoms with Gasteiger partial charge in [-0.25, -0.2) is 0 Å². The van der Waals surface area contributed by atoms with Gasteiger partial charge in [-0.05, 0) is 63.2 Å². The lowest BCUT2D eigenvalue weighted by atomic mass is 9.81. The molecule has 1 aromatic rings. The van der Waals surface area contributed by atoms with Gasteiger partial charge >= 0.3 is 0 Å². The second-order valence-electron chi connectivity index (χ2n) is 8.34. The van der Waals surface area contributed by atoms with Crippen LogP contribution in [0.3, 0.4) is 0 Å². The van der Waals surface area contributed by atoms with Gasteiger partial charge in [-0.3, -0.25) is 9.98 Å². The van der Waals surface area contributed by atoms with Crippen molar-refractivity contribution in [2.45, 2.75) is 31.7 Å². The minimum absolute atomic E-state index is 0.394. The lowest BCUT2D eigenvalue weighted by Gasteiger charge is -2.33. The molecule has 6 heteroatoms. The highest BCUT2D eigenvalue weighted by atomic mass is 15.2. The van der Waals surface area contributed by atoms with Crippen molar-refractivity contribution in [2.24, 2.45) is 28.3 Å². The molecule has 3 fully saturated rings. The van der Waals surface area contributed by atoms with Crippen LogP contribution in [0.4, 0.5) is 5.69 Å². The zero-order chi connectivity index (χ0) is 18.8. The summed E-state index contributed by atoms with van der Waals surface area (Å²) in [6.07, 6.45) is 8.52. The van der Waals surface area contributed by atoms with E-state index in [2.05, 4.69) is 29.0 Å². The molecule has 2 aliphatic carbocycles. The second-order valence-corrected chi connectivity index (χ2v) is 8.34. The molecular formula is C21H32N6. The highest BCUT2D eigenvalue weighted by Crippen LogP contribution is 2.37. The Balaban J connectivity index is 1.49. The summed E-state index contributed by atoms with van der Waals surface area (Å²) in [5.41, 5.74) is 16.3. The summed E-state index contributed by atoms with van der Waals surface area (Å²) in [7, 11) is 2.17. The van der Waals surface area contributed by atoms with E-state index in [0.717, 1.165) is 62.5 Å². The molecule has 27 heavy (non-hydrogen) atoms. The largest absolute Gasteiger partial charge is 0.401 e. The van der Waals surface area contributed by atoms with E-state index in [-0.39, 0.29) is 0 Å². The molecule has 4 N–H and O–H groups in total. The predicted octanol–water partition coefficient (Wildman–Crippen LogP) is 1.72. The zero-order valence-corrected chi connectivity index (χ0v) is 16.3. The summed E-state index contributed by atoms with van der Waals surface area (Å²) < 4.78 is 0. The molecular weight excluding hydrogens is 336 g/mol. The minimum atomic E-state index is 0.394. The fraction of sp³-hybridized carbons (Fsp3) is 0.619. The molecule has 0 spiro atoms. The van der Waals surface area contributed by atoms with Crippen molar-refractivity contribution in [2.75, 3.05) is 44.7 Å². The first-order valence-corrected chi connectivity index (χ1v) is 10.3. The first kappa shape index (κ1) is 18.4. The molecule has 0 aromatic carbocycles. The first-order valence-electron chi connectivity index (χ1n) is 10.3. The third-order valence-electron chi connectivity index (χ3n) is 6.18. The number of aliphatic imine (C=N–C) groups is 1. The number of nitrogens with zero attached hydrogens (tertiary/aromatic N) is 4. The van der Waals surface area contributed by atoms with Gasteiger partial charge in [0.1, 0.15) is 0 Å². The fourth-order valence-electron chi connectivity index (χ4n) is 3.89. The van der Waals surface area contributed by atoms with Crippen LogP contribution < -0.4 is 16.4 Å². The minimum Gasteiger partial charge on any atom is -0.401 e. The molecule has 0 radical (unpaired) electrons. The van der Waals surface area contributed by atoms with Crippen molar-refractivity contribution < 1.29 is 0 Å². The van der Waals surface area contributed by atoms with Gasteiger partial charge in [0.2, 0.25) is 0 Å². The van der Waals surface area contributed by atoms with Gasteiger partial charge in [0, 0.05) is 43.7 Å². The monoisotopic (exact) mass is 368 g/mol. The average molecular weight is 369 g/mol. The van der Waals surface area contributed by atoms with Crippen LogP contribution in [0.25, 0.3) is 5.57 Å². The number of allylic oxidation sites excluding steroid dienone is 2. The maximum absolute atomic E-state index is 6.46. The standard InChI is InChI=1S/C21H32N6/c1-26-6-8-27(9-7-26)18-4-5-20(25-13-18)19(21(23)16-2-3-16)14-24-17-10-15(11-17)12-22/h4-5,13-17H,2-3,6-12,22-23H2,1H3.